The van der Waals surface area contributed by atoms with Gasteiger partial charge >= 0.3 is 11.9 Å². The number of ketones is 1. The molecule has 0 aliphatic carbocycles. The molecule has 0 radical (unpaired) electrons. The Morgan fingerprint density at radius 2 is 1.73 bits per heavy atom. The van der Waals surface area contributed by atoms with Crippen molar-refractivity contribution >= 4 is 17.7 Å². The molecule has 0 spiro atoms. The summed E-state index contributed by atoms with van der Waals surface area (Å²) in [7, 11) is 0. The van der Waals surface area contributed by atoms with E-state index in [-0.39, 0.29) is 18.0 Å². The van der Waals surface area contributed by atoms with Gasteiger partial charge in [0.25, 0.3) is 0 Å². The number of benzene rings is 1. The van der Waals surface area contributed by atoms with E-state index in [4.69, 9.17) is 14.6 Å². The molecule has 1 aromatic carbocycles. The van der Waals surface area contributed by atoms with Crippen molar-refractivity contribution in [3.63, 3.8) is 0 Å². The molecule has 0 heterocycles. The normalized spacial score (nSPS) is 12.9. The van der Waals surface area contributed by atoms with Gasteiger partial charge in [0.05, 0.1) is 0 Å². The number of carboxylic acids is 1. The molecule has 0 saturated carbocycles. The highest BCUT2D eigenvalue weighted by Crippen LogP contribution is 2.20. The third-order valence-electron chi connectivity index (χ3n) is 4.42. The zero-order valence-electron chi connectivity index (χ0n) is 18.1. The summed E-state index contributed by atoms with van der Waals surface area (Å²) < 4.78 is 11.2. The van der Waals surface area contributed by atoms with Crippen LogP contribution in [0.4, 0.5) is 0 Å². The predicted molar refractivity (Wildman–Crippen MR) is 113 cm³/mol. The van der Waals surface area contributed by atoms with E-state index in [1.165, 1.54) is 20.8 Å². The minimum Gasteiger partial charge on any atom is -0.487 e. The van der Waals surface area contributed by atoms with Gasteiger partial charge in [0.1, 0.15) is 24.1 Å². The minimum absolute atomic E-state index is 0.00159. The summed E-state index contributed by atoms with van der Waals surface area (Å²) in [6.07, 6.45) is 5.18. The number of rotatable bonds is 13. The van der Waals surface area contributed by atoms with Crippen molar-refractivity contribution in [2.24, 2.45) is 0 Å². The highest BCUT2D eigenvalue weighted by molar-refractivity contribution is 6.01. The summed E-state index contributed by atoms with van der Waals surface area (Å²) in [5.41, 5.74) is -1.09. The number of Topliss-reactive ketones (excluding diaryl/α,β-unsaturated/α-hetero) is 1. The lowest BCUT2D eigenvalue weighted by Crippen LogP contribution is -2.31. The molecule has 30 heavy (non-hydrogen) atoms. The standard InChI is InChI=1S/C23H32O7/c1-5-6-7-8-9-19(15-29-22(27)16(2)14-20(24)25)30-18-12-10-17(11-13-18)21(26)23(3,4)28/h10-14,19,28H,5-9,15H2,1-4H3,(H,24,25)/b16-14-. The van der Waals surface area contributed by atoms with Gasteiger partial charge in [-0.1, -0.05) is 26.2 Å². The molecule has 0 aromatic heterocycles. The van der Waals surface area contributed by atoms with Crippen molar-refractivity contribution in [2.75, 3.05) is 6.61 Å². The highest BCUT2D eigenvalue weighted by Gasteiger charge is 2.25. The van der Waals surface area contributed by atoms with E-state index >= 15 is 0 Å². The van der Waals surface area contributed by atoms with Gasteiger partial charge in [-0.15, -0.1) is 0 Å². The van der Waals surface area contributed by atoms with Crippen molar-refractivity contribution in [2.45, 2.75) is 71.5 Å². The first-order valence-corrected chi connectivity index (χ1v) is 10.2. The number of ether oxygens (including phenoxy) is 2. The second-order valence-electron chi connectivity index (χ2n) is 7.77. The van der Waals surface area contributed by atoms with E-state index in [0.717, 1.165) is 31.8 Å². The van der Waals surface area contributed by atoms with Crippen LogP contribution in [0.2, 0.25) is 0 Å². The quantitative estimate of drug-likeness (QED) is 0.215. The molecule has 1 unspecified atom stereocenters. The number of hydrogen-bond donors (Lipinski definition) is 2. The van der Waals surface area contributed by atoms with Crippen LogP contribution in [0, 0.1) is 0 Å². The summed E-state index contributed by atoms with van der Waals surface area (Å²) in [5, 5.41) is 18.6. The second kappa shape index (κ2) is 12.1. The number of hydrogen-bond acceptors (Lipinski definition) is 6. The largest absolute Gasteiger partial charge is 0.487 e. The number of aliphatic carboxylic acids is 1. The maximum Gasteiger partial charge on any atom is 0.334 e. The van der Waals surface area contributed by atoms with E-state index in [1.807, 2.05) is 0 Å². The zero-order chi connectivity index (χ0) is 22.7. The molecule has 7 nitrogen and oxygen atoms in total. The van der Waals surface area contributed by atoms with Crippen molar-refractivity contribution in [1.29, 1.82) is 0 Å². The predicted octanol–water partition coefficient (Wildman–Crippen LogP) is 3.93. The van der Waals surface area contributed by atoms with Crippen LogP contribution in [0.3, 0.4) is 0 Å². The SMILES string of the molecule is CCCCCCC(COC(=O)/C(C)=C\C(=O)O)Oc1ccc(C(=O)C(C)(C)O)cc1. The van der Waals surface area contributed by atoms with Crippen molar-refractivity contribution in [3.05, 3.63) is 41.5 Å². The lowest BCUT2D eigenvalue weighted by molar-refractivity contribution is -0.142. The van der Waals surface area contributed by atoms with Gasteiger partial charge in [-0.2, -0.15) is 0 Å². The number of unbranched alkanes of at least 4 members (excludes halogenated alkanes) is 3. The molecule has 0 bridgehead atoms. The maximum absolute atomic E-state index is 12.1. The van der Waals surface area contributed by atoms with Gasteiger partial charge in [0.15, 0.2) is 5.78 Å². The van der Waals surface area contributed by atoms with Gasteiger partial charge in [-0.25, -0.2) is 9.59 Å². The van der Waals surface area contributed by atoms with E-state index in [1.54, 1.807) is 24.3 Å². The van der Waals surface area contributed by atoms with Crippen LogP contribution < -0.4 is 4.74 Å². The maximum atomic E-state index is 12.1. The van der Waals surface area contributed by atoms with Crippen LogP contribution in [-0.2, 0) is 14.3 Å². The zero-order valence-corrected chi connectivity index (χ0v) is 18.1. The van der Waals surface area contributed by atoms with E-state index in [9.17, 15) is 19.5 Å². The molecule has 0 saturated heterocycles. The van der Waals surface area contributed by atoms with Crippen LogP contribution in [0.1, 0.15) is 70.2 Å². The first-order valence-electron chi connectivity index (χ1n) is 10.2. The average molecular weight is 421 g/mol. The fraction of sp³-hybridized carbons (Fsp3) is 0.522. The number of esters is 1. The van der Waals surface area contributed by atoms with E-state index in [0.29, 0.717) is 17.7 Å². The van der Waals surface area contributed by atoms with Crippen molar-refractivity contribution in [1.82, 2.24) is 0 Å². The fourth-order valence-corrected chi connectivity index (χ4v) is 2.73. The van der Waals surface area contributed by atoms with Crippen LogP contribution in [-0.4, -0.2) is 46.2 Å². The summed E-state index contributed by atoms with van der Waals surface area (Å²) in [5.74, 6) is -1.79. The second-order valence-corrected chi connectivity index (χ2v) is 7.77. The first-order chi connectivity index (χ1) is 14.0. The third-order valence-corrected chi connectivity index (χ3v) is 4.42. The van der Waals surface area contributed by atoms with E-state index in [2.05, 4.69) is 6.92 Å². The Labute approximate surface area is 177 Å². The Balaban J connectivity index is 2.79. The van der Waals surface area contributed by atoms with E-state index < -0.39 is 23.6 Å². The topological polar surface area (TPSA) is 110 Å². The molecule has 2 N–H and O–H groups in total. The van der Waals surface area contributed by atoms with Gasteiger partial charge in [-0.3, -0.25) is 4.79 Å². The number of carboxylic acid groups (broad SMARTS) is 1. The molecule has 0 aliphatic heterocycles. The fourth-order valence-electron chi connectivity index (χ4n) is 2.73. The summed E-state index contributed by atoms with van der Waals surface area (Å²) in [6, 6.07) is 6.43. The molecule has 1 aromatic rings. The molecule has 1 atom stereocenters. The summed E-state index contributed by atoms with van der Waals surface area (Å²) in [6.45, 7) is 6.35. The number of aliphatic hydroxyl groups is 1. The lowest BCUT2D eigenvalue weighted by atomic mass is 9.97. The molecule has 0 aliphatic rings. The first kappa shape index (κ1) is 25.4. The van der Waals surface area contributed by atoms with Gasteiger partial charge in [0.2, 0.25) is 0 Å². The van der Waals surface area contributed by atoms with Crippen LogP contribution >= 0.6 is 0 Å². The summed E-state index contributed by atoms with van der Waals surface area (Å²) in [4.78, 5) is 34.8. The van der Waals surface area contributed by atoms with Gasteiger partial charge < -0.3 is 19.7 Å². The third kappa shape index (κ3) is 9.22. The Hall–Kier alpha value is -2.67. The van der Waals surface area contributed by atoms with Crippen LogP contribution in [0.15, 0.2) is 35.9 Å². The monoisotopic (exact) mass is 420 g/mol. The summed E-state index contributed by atoms with van der Waals surface area (Å²) >= 11 is 0. The Bertz CT molecular complexity index is 742. The van der Waals surface area contributed by atoms with Gasteiger partial charge in [-0.05, 0) is 57.9 Å². The molecule has 7 heteroatoms. The highest BCUT2D eigenvalue weighted by atomic mass is 16.6. The molecular formula is C23H32O7. The molecule has 0 amide bonds. The van der Waals surface area contributed by atoms with Crippen LogP contribution in [0.25, 0.3) is 0 Å². The van der Waals surface area contributed by atoms with Gasteiger partial charge in [0, 0.05) is 17.2 Å². The number of carbonyl (C=O) groups is 3. The van der Waals surface area contributed by atoms with Crippen molar-refractivity contribution < 1.29 is 34.1 Å². The molecular weight excluding hydrogens is 388 g/mol. The molecule has 166 valence electrons. The molecule has 1 rings (SSSR count). The van der Waals surface area contributed by atoms with Crippen molar-refractivity contribution in [3.8, 4) is 5.75 Å². The van der Waals surface area contributed by atoms with Crippen LogP contribution in [0.5, 0.6) is 5.75 Å². The average Bonchev–Trinajstić information content (AvgIpc) is 2.67. The Morgan fingerprint density at radius 3 is 2.27 bits per heavy atom. The molecule has 0 fully saturated rings. The Kier molecular flexibility index (Phi) is 10.3. The Morgan fingerprint density at radius 1 is 1.10 bits per heavy atom. The lowest BCUT2D eigenvalue weighted by Gasteiger charge is -2.20. The number of carbonyl (C=O) groups excluding carboxylic acids is 2. The minimum atomic E-state index is -1.46. The smallest absolute Gasteiger partial charge is 0.334 e.